The molecule has 1 aliphatic heterocycles. The second kappa shape index (κ2) is 5.19. The highest BCUT2D eigenvalue weighted by Crippen LogP contribution is 2.21. The van der Waals surface area contributed by atoms with E-state index in [9.17, 15) is 0 Å². The molecular weight excluding hydrogens is 264 g/mol. The Bertz CT molecular complexity index is 336. The van der Waals surface area contributed by atoms with Crippen molar-refractivity contribution in [3.8, 4) is 0 Å². The van der Waals surface area contributed by atoms with Gasteiger partial charge < -0.3 is 10.2 Å². The average molecular weight is 283 g/mol. The van der Waals surface area contributed by atoms with Crippen molar-refractivity contribution in [2.45, 2.75) is 31.8 Å². The number of halogens is 1. The van der Waals surface area contributed by atoms with Crippen molar-refractivity contribution in [2.75, 3.05) is 18.9 Å². The summed E-state index contributed by atoms with van der Waals surface area (Å²) in [6, 6.07) is 9.73. The standard InChI is InChI=1S/C13H19BrN2/c1-10-9-13(7-8-16(10)2)15-12-5-3-11(14)4-6-12/h3-6,10,13,15H,7-9H2,1-2H3. The van der Waals surface area contributed by atoms with Gasteiger partial charge in [-0.05, 0) is 51.1 Å². The number of likely N-dealkylation sites (tertiary alicyclic amines) is 1. The van der Waals surface area contributed by atoms with Crippen LogP contribution in [0.3, 0.4) is 0 Å². The van der Waals surface area contributed by atoms with Gasteiger partial charge in [-0.15, -0.1) is 0 Å². The van der Waals surface area contributed by atoms with E-state index >= 15 is 0 Å². The number of anilines is 1. The van der Waals surface area contributed by atoms with Gasteiger partial charge in [0.05, 0.1) is 0 Å². The lowest BCUT2D eigenvalue weighted by Crippen LogP contribution is -2.42. The maximum absolute atomic E-state index is 3.61. The number of hydrogen-bond donors (Lipinski definition) is 1. The highest BCUT2D eigenvalue weighted by molar-refractivity contribution is 9.10. The summed E-state index contributed by atoms with van der Waals surface area (Å²) in [6.07, 6.45) is 2.46. The lowest BCUT2D eigenvalue weighted by atomic mass is 9.99. The first-order valence-electron chi connectivity index (χ1n) is 5.87. The molecule has 3 heteroatoms. The van der Waals surface area contributed by atoms with Crippen molar-refractivity contribution in [1.82, 2.24) is 4.90 Å². The van der Waals surface area contributed by atoms with E-state index in [1.165, 1.54) is 25.1 Å². The van der Waals surface area contributed by atoms with Gasteiger partial charge in [-0.25, -0.2) is 0 Å². The van der Waals surface area contributed by atoms with E-state index in [1.807, 2.05) is 0 Å². The van der Waals surface area contributed by atoms with Crippen LogP contribution in [0, 0.1) is 0 Å². The van der Waals surface area contributed by atoms with Gasteiger partial charge in [0.15, 0.2) is 0 Å². The van der Waals surface area contributed by atoms with Crippen molar-refractivity contribution < 1.29 is 0 Å². The molecule has 0 bridgehead atoms. The van der Waals surface area contributed by atoms with Crippen molar-refractivity contribution in [2.24, 2.45) is 0 Å². The Morgan fingerprint density at radius 3 is 2.62 bits per heavy atom. The molecule has 1 aliphatic rings. The summed E-state index contributed by atoms with van der Waals surface area (Å²) in [5.41, 5.74) is 1.23. The molecule has 0 aromatic heterocycles. The summed E-state index contributed by atoms with van der Waals surface area (Å²) >= 11 is 3.45. The van der Waals surface area contributed by atoms with E-state index < -0.39 is 0 Å². The first-order chi connectivity index (χ1) is 7.65. The lowest BCUT2D eigenvalue weighted by Gasteiger charge is -2.35. The molecule has 0 spiro atoms. The van der Waals surface area contributed by atoms with E-state index in [2.05, 4.69) is 64.4 Å². The van der Waals surface area contributed by atoms with Crippen LogP contribution in [-0.4, -0.2) is 30.6 Å². The van der Waals surface area contributed by atoms with Crippen LogP contribution >= 0.6 is 15.9 Å². The Labute approximate surface area is 106 Å². The molecule has 0 amide bonds. The molecule has 0 aliphatic carbocycles. The van der Waals surface area contributed by atoms with E-state index in [1.54, 1.807) is 0 Å². The van der Waals surface area contributed by atoms with Gasteiger partial charge in [0.1, 0.15) is 0 Å². The SMILES string of the molecule is CC1CC(Nc2ccc(Br)cc2)CCN1C. The van der Waals surface area contributed by atoms with Crippen LogP contribution in [0.5, 0.6) is 0 Å². The number of benzene rings is 1. The Hall–Kier alpha value is -0.540. The zero-order valence-corrected chi connectivity index (χ0v) is 11.5. The summed E-state index contributed by atoms with van der Waals surface area (Å²) in [6.45, 7) is 3.49. The highest BCUT2D eigenvalue weighted by Gasteiger charge is 2.22. The zero-order chi connectivity index (χ0) is 11.5. The van der Waals surface area contributed by atoms with Crippen LogP contribution in [0.4, 0.5) is 5.69 Å². The predicted octanol–water partition coefficient (Wildman–Crippen LogP) is 3.34. The summed E-state index contributed by atoms with van der Waals surface area (Å²) in [5, 5.41) is 3.61. The van der Waals surface area contributed by atoms with Crippen LogP contribution in [0.25, 0.3) is 0 Å². The summed E-state index contributed by atoms with van der Waals surface area (Å²) in [5.74, 6) is 0. The Kier molecular flexibility index (Phi) is 3.87. The number of nitrogens with one attached hydrogen (secondary N) is 1. The zero-order valence-electron chi connectivity index (χ0n) is 9.91. The fourth-order valence-corrected chi connectivity index (χ4v) is 2.47. The fourth-order valence-electron chi connectivity index (χ4n) is 2.20. The molecule has 0 saturated carbocycles. The monoisotopic (exact) mass is 282 g/mol. The Balaban J connectivity index is 1.93. The molecule has 16 heavy (non-hydrogen) atoms. The number of rotatable bonds is 2. The molecule has 2 atom stereocenters. The van der Waals surface area contributed by atoms with E-state index in [0.717, 1.165) is 4.47 Å². The largest absolute Gasteiger partial charge is 0.382 e. The van der Waals surface area contributed by atoms with Crippen LogP contribution in [-0.2, 0) is 0 Å². The normalized spacial score (nSPS) is 26.7. The van der Waals surface area contributed by atoms with Gasteiger partial charge in [0.2, 0.25) is 0 Å². The van der Waals surface area contributed by atoms with Crippen molar-refractivity contribution in [1.29, 1.82) is 0 Å². The molecular formula is C13H19BrN2. The molecule has 0 radical (unpaired) electrons. The number of hydrogen-bond acceptors (Lipinski definition) is 2. The Morgan fingerprint density at radius 2 is 2.00 bits per heavy atom. The highest BCUT2D eigenvalue weighted by atomic mass is 79.9. The smallest absolute Gasteiger partial charge is 0.0343 e. The van der Waals surface area contributed by atoms with Gasteiger partial charge in [0.25, 0.3) is 0 Å². The number of nitrogens with zero attached hydrogens (tertiary/aromatic N) is 1. The molecule has 2 nitrogen and oxygen atoms in total. The van der Waals surface area contributed by atoms with Crippen molar-refractivity contribution in [3.05, 3.63) is 28.7 Å². The molecule has 2 rings (SSSR count). The lowest BCUT2D eigenvalue weighted by molar-refractivity contribution is 0.190. The van der Waals surface area contributed by atoms with Gasteiger partial charge in [-0.1, -0.05) is 15.9 Å². The molecule has 1 aromatic carbocycles. The minimum Gasteiger partial charge on any atom is -0.382 e. The third-order valence-electron chi connectivity index (χ3n) is 3.42. The topological polar surface area (TPSA) is 15.3 Å². The average Bonchev–Trinajstić information content (AvgIpc) is 2.27. The van der Waals surface area contributed by atoms with E-state index in [-0.39, 0.29) is 0 Å². The molecule has 88 valence electrons. The molecule has 1 aromatic rings. The third-order valence-corrected chi connectivity index (χ3v) is 3.95. The second-order valence-corrected chi connectivity index (χ2v) is 5.62. The molecule has 1 saturated heterocycles. The first kappa shape index (κ1) is 11.9. The first-order valence-corrected chi connectivity index (χ1v) is 6.67. The molecule has 1 fully saturated rings. The quantitative estimate of drug-likeness (QED) is 0.895. The van der Waals surface area contributed by atoms with Crippen LogP contribution in [0.2, 0.25) is 0 Å². The summed E-state index contributed by atoms with van der Waals surface area (Å²) in [7, 11) is 2.21. The van der Waals surface area contributed by atoms with Gasteiger partial charge >= 0.3 is 0 Å². The molecule has 1 N–H and O–H groups in total. The maximum Gasteiger partial charge on any atom is 0.0343 e. The summed E-state index contributed by atoms with van der Waals surface area (Å²) in [4.78, 5) is 2.43. The van der Waals surface area contributed by atoms with E-state index in [0.29, 0.717) is 12.1 Å². The van der Waals surface area contributed by atoms with E-state index in [4.69, 9.17) is 0 Å². The van der Waals surface area contributed by atoms with Crippen LogP contribution < -0.4 is 5.32 Å². The van der Waals surface area contributed by atoms with Crippen LogP contribution in [0.15, 0.2) is 28.7 Å². The predicted molar refractivity (Wildman–Crippen MR) is 72.9 cm³/mol. The second-order valence-electron chi connectivity index (χ2n) is 4.70. The summed E-state index contributed by atoms with van der Waals surface area (Å²) < 4.78 is 1.13. The van der Waals surface area contributed by atoms with Gasteiger partial charge in [0, 0.05) is 28.8 Å². The van der Waals surface area contributed by atoms with Crippen molar-refractivity contribution in [3.63, 3.8) is 0 Å². The molecule has 1 heterocycles. The minimum absolute atomic E-state index is 0.618. The van der Waals surface area contributed by atoms with Crippen molar-refractivity contribution >= 4 is 21.6 Å². The van der Waals surface area contributed by atoms with Crippen LogP contribution in [0.1, 0.15) is 19.8 Å². The maximum atomic E-state index is 3.61. The van der Waals surface area contributed by atoms with Gasteiger partial charge in [-0.3, -0.25) is 0 Å². The molecule has 2 unspecified atom stereocenters. The minimum atomic E-state index is 0.618. The number of piperidine rings is 1. The third kappa shape index (κ3) is 2.98. The fraction of sp³-hybridized carbons (Fsp3) is 0.538. The Morgan fingerprint density at radius 1 is 1.31 bits per heavy atom. The van der Waals surface area contributed by atoms with Gasteiger partial charge in [-0.2, -0.15) is 0 Å².